The van der Waals surface area contributed by atoms with Crippen LogP contribution in [-0.2, 0) is 4.79 Å². The molecule has 6 nitrogen and oxygen atoms in total. The lowest BCUT2D eigenvalue weighted by Gasteiger charge is -2.39. The number of halogens is 1. The Hall–Kier alpha value is -2.73. The van der Waals surface area contributed by atoms with Gasteiger partial charge in [-0.1, -0.05) is 29.8 Å². The van der Waals surface area contributed by atoms with E-state index in [1.54, 1.807) is 23.1 Å². The molecule has 0 saturated carbocycles. The van der Waals surface area contributed by atoms with Gasteiger partial charge in [0, 0.05) is 29.7 Å². The number of carbonyl (C=O) groups is 2. The molecular weight excluding hydrogens is 414 g/mol. The van der Waals surface area contributed by atoms with E-state index in [1.807, 2.05) is 43.9 Å². The van der Waals surface area contributed by atoms with Gasteiger partial charge in [-0.2, -0.15) is 0 Å². The molecule has 3 amide bonds. The molecule has 0 spiro atoms. The first kappa shape index (κ1) is 21.5. The zero-order valence-corrected chi connectivity index (χ0v) is 18.9. The zero-order chi connectivity index (χ0) is 22.1. The molecule has 2 aromatic rings. The second-order valence-electron chi connectivity index (χ2n) is 8.45. The van der Waals surface area contributed by atoms with E-state index in [9.17, 15) is 9.59 Å². The second kappa shape index (κ2) is 8.79. The predicted octanol–water partition coefficient (Wildman–Crippen LogP) is 5.01. The highest BCUT2D eigenvalue weighted by molar-refractivity contribution is 6.31. The van der Waals surface area contributed by atoms with Gasteiger partial charge >= 0.3 is 6.03 Å². The number of fused-ring (bicyclic) bond motifs is 1. The maximum absolute atomic E-state index is 13.3. The van der Waals surface area contributed by atoms with Gasteiger partial charge in [0.2, 0.25) is 5.91 Å². The van der Waals surface area contributed by atoms with E-state index >= 15 is 0 Å². The molecule has 164 valence electrons. The van der Waals surface area contributed by atoms with Crippen molar-refractivity contribution >= 4 is 34.9 Å². The Labute approximate surface area is 188 Å². The van der Waals surface area contributed by atoms with Crippen molar-refractivity contribution in [1.82, 2.24) is 4.90 Å². The fourth-order valence-electron chi connectivity index (χ4n) is 4.33. The molecule has 0 bridgehead atoms. The molecule has 2 aliphatic heterocycles. The number of rotatable bonds is 2. The molecule has 0 aliphatic carbocycles. The number of hydrogen-bond donors (Lipinski definition) is 1. The molecule has 0 radical (unpaired) electrons. The smallest absolute Gasteiger partial charge is 0.324 e. The first-order chi connectivity index (χ1) is 14.8. The van der Waals surface area contributed by atoms with Gasteiger partial charge in [-0.25, -0.2) is 4.79 Å². The molecule has 2 aromatic carbocycles. The van der Waals surface area contributed by atoms with Crippen LogP contribution in [0.5, 0.6) is 5.75 Å². The number of urea groups is 1. The van der Waals surface area contributed by atoms with E-state index in [0.29, 0.717) is 48.9 Å². The van der Waals surface area contributed by atoms with E-state index in [-0.39, 0.29) is 24.0 Å². The molecule has 31 heavy (non-hydrogen) atoms. The summed E-state index contributed by atoms with van der Waals surface area (Å²) in [6, 6.07) is 11.3. The summed E-state index contributed by atoms with van der Waals surface area (Å²) < 4.78 is 5.85. The Morgan fingerprint density at radius 2 is 1.77 bits per heavy atom. The van der Waals surface area contributed by atoms with Gasteiger partial charge in [-0.05, 0) is 62.9 Å². The molecule has 1 N–H and O–H groups in total. The fraction of sp³-hybridized carbons (Fsp3) is 0.417. The van der Waals surface area contributed by atoms with Crippen molar-refractivity contribution < 1.29 is 14.3 Å². The lowest BCUT2D eigenvalue weighted by atomic mass is 9.95. The topological polar surface area (TPSA) is 61.9 Å². The van der Waals surface area contributed by atoms with Crippen molar-refractivity contribution in [3.05, 3.63) is 52.5 Å². The number of piperidine rings is 1. The average molecular weight is 442 g/mol. The van der Waals surface area contributed by atoms with Crippen molar-refractivity contribution in [1.29, 1.82) is 0 Å². The van der Waals surface area contributed by atoms with Crippen molar-refractivity contribution in [2.24, 2.45) is 5.92 Å². The van der Waals surface area contributed by atoms with Gasteiger partial charge in [0.1, 0.15) is 11.9 Å². The highest BCUT2D eigenvalue weighted by Gasteiger charge is 2.34. The van der Waals surface area contributed by atoms with Crippen LogP contribution in [0.4, 0.5) is 16.2 Å². The van der Waals surface area contributed by atoms with Gasteiger partial charge in [0.25, 0.3) is 0 Å². The maximum atomic E-state index is 13.3. The predicted molar refractivity (Wildman–Crippen MR) is 123 cm³/mol. The minimum absolute atomic E-state index is 0.0293. The quantitative estimate of drug-likeness (QED) is 0.712. The number of carbonyl (C=O) groups excluding carboxylic acids is 2. The lowest BCUT2D eigenvalue weighted by Crippen LogP contribution is -2.51. The largest absolute Gasteiger partial charge is 0.487 e. The molecular formula is C24H28ClN3O3. The maximum Gasteiger partial charge on any atom is 0.324 e. The summed E-state index contributed by atoms with van der Waals surface area (Å²) in [6.45, 7) is 7.51. The number of anilines is 2. The fourth-order valence-corrected chi connectivity index (χ4v) is 4.50. The molecule has 1 unspecified atom stereocenters. The first-order valence-electron chi connectivity index (χ1n) is 10.7. The van der Waals surface area contributed by atoms with Gasteiger partial charge in [-0.15, -0.1) is 0 Å². The monoisotopic (exact) mass is 441 g/mol. The third kappa shape index (κ3) is 4.49. The summed E-state index contributed by atoms with van der Waals surface area (Å²) in [5, 5.41) is 3.66. The van der Waals surface area contributed by atoms with Crippen molar-refractivity contribution in [3.63, 3.8) is 0 Å². The molecule has 2 aliphatic rings. The van der Waals surface area contributed by atoms with Crippen LogP contribution in [0.15, 0.2) is 36.4 Å². The molecule has 0 aromatic heterocycles. The van der Waals surface area contributed by atoms with Gasteiger partial charge in [0.05, 0.1) is 12.2 Å². The highest BCUT2D eigenvalue weighted by atomic mass is 35.5. The van der Waals surface area contributed by atoms with E-state index in [4.69, 9.17) is 16.3 Å². The Morgan fingerprint density at radius 3 is 2.45 bits per heavy atom. The molecule has 7 heteroatoms. The average Bonchev–Trinajstić information content (AvgIpc) is 2.75. The second-order valence-corrected chi connectivity index (χ2v) is 8.89. The van der Waals surface area contributed by atoms with Crippen LogP contribution in [0.2, 0.25) is 5.02 Å². The minimum atomic E-state index is -0.103. The summed E-state index contributed by atoms with van der Waals surface area (Å²) in [7, 11) is 0. The van der Waals surface area contributed by atoms with Crippen LogP contribution >= 0.6 is 11.6 Å². The van der Waals surface area contributed by atoms with E-state index < -0.39 is 0 Å². The van der Waals surface area contributed by atoms with Crippen LogP contribution in [-0.4, -0.2) is 42.6 Å². The molecule has 4 rings (SSSR count). The molecule has 2 heterocycles. The number of amides is 3. The van der Waals surface area contributed by atoms with E-state index in [0.717, 1.165) is 16.8 Å². The number of benzene rings is 2. The van der Waals surface area contributed by atoms with E-state index in [1.165, 1.54) is 0 Å². The van der Waals surface area contributed by atoms with Gasteiger partial charge in [-0.3, -0.25) is 9.69 Å². The van der Waals surface area contributed by atoms with Crippen molar-refractivity contribution in [3.8, 4) is 5.75 Å². The zero-order valence-electron chi connectivity index (χ0n) is 18.2. The number of para-hydroxylation sites is 1. The van der Waals surface area contributed by atoms with Crippen molar-refractivity contribution in [2.75, 3.05) is 29.9 Å². The summed E-state index contributed by atoms with van der Waals surface area (Å²) >= 11 is 6.16. The van der Waals surface area contributed by atoms with Crippen LogP contribution in [0.3, 0.4) is 0 Å². The summed E-state index contributed by atoms with van der Waals surface area (Å²) in [4.78, 5) is 29.7. The van der Waals surface area contributed by atoms with Crippen LogP contribution in [0, 0.1) is 19.8 Å². The molecule has 1 fully saturated rings. The number of nitrogens with zero attached hydrogens (tertiary/aromatic N) is 2. The Balaban J connectivity index is 1.41. The first-order valence-corrected chi connectivity index (χ1v) is 11.1. The molecule has 1 saturated heterocycles. The van der Waals surface area contributed by atoms with Crippen LogP contribution in [0.25, 0.3) is 0 Å². The number of likely N-dealkylation sites (tertiary alicyclic amines) is 1. The minimum Gasteiger partial charge on any atom is -0.487 e. The summed E-state index contributed by atoms with van der Waals surface area (Å²) in [6.07, 6.45) is 1.19. The normalized spacial score (nSPS) is 18.9. The summed E-state index contributed by atoms with van der Waals surface area (Å²) in [5.74, 6) is 0.592. The summed E-state index contributed by atoms with van der Waals surface area (Å²) in [5.41, 5.74) is 3.70. The van der Waals surface area contributed by atoms with Gasteiger partial charge < -0.3 is 15.0 Å². The van der Waals surface area contributed by atoms with Crippen LogP contribution in [0.1, 0.15) is 30.9 Å². The Bertz CT molecular complexity index is 981. The Kier molecular flexibility index (Phi) is 6.10. The lowest BCUT2D eigenvalue weighted by molar-refractivity contribution is -0.121. The van der Waals surface area contributed by atoms with Crippen LogP contribution < -0.4 is 15.0 Å². The third-order valence-electron chi connectivity index (χ3n) is 6.08. The number of hydrogen-bond acceptors (Lipinski definition) is 3. The standard InChI is InChI=1S/C24H28ClN3O3/c1-15-5-4-6-16(2)22(15)26-23(29)18-9-11-27(12-10-18)24(30)28-14-17(3)31-21-8-7-19(25)13-20(21)28/h4-8,13,17-18H,9-12,14H2,1-3H3,(H,26,29). The van der Waals surface area contributed by atoms with Gasteiger partial charge in [0.15, 0.2) is 0 Å². The van der Waals surface area contributed by atoms with Crippen molar-refractivity contribution in [2.45, 2.75) is 39.7 Å². The number of ether oxygens (including phenoxy) is 1. The highest BCUT2D eigenvalue weighted by Crippen LogP contribution is 2.36. The number of aryl methyl sites for hydroxylation is 2. The Morgan fingerprint density at radius 1 is 1.10 bits per heavy atom. The number of nitrogens with one attached hydrogen (secondary N) is 1. The SMILES string of the molecule is Cc1cccc(C)c1NC(=O)C1CCN(C(=O)N2CC(C)Oc3ccc(Cl)cc32)CC1. The third-order valence-corrected chi connectivity index (χ3v) is 6.31. The van der Waals surface area contributed by atoms with E-state index in [2.05, 4.69) is 5.32 Å². The molecule has 1 atom stereocenters.